The summed E-state index contributed by atoms with van der Waals surface area (Å²) in [5.74, 6) is -0.465. The fourth-order valence-corrected chi connectivity index (χ4v) is 5.06. The summed E-state index contributed by atoms with van der Waals surface area (Å²) in [5, 5.41) is 9.40. The van der Waals surface area contributed by atoms with Crippen LogP contribution in [0.25, 0.3) is 11.3 Å². The standard InChI is InChI=1S/C27H28N4O4S2/c1-18-7-9-22(30-27(33)21-11-12-36-17-21)14-24(18)25-10-8-20(16-28-25)26(32)29-15-19-5-4-6-23(13-19)31-37(2,3,34)35/h4-14,16-17H,15H2,1-3H3,(H,29,32)(H,30,33)(H2,31,34,35). The van der Waals surface area contributed by atoms with Crippen molar-refractivity contribution in [1.29, 1.82) is 0 Å². The summed E-state index contributed by atoms with van der Waals surface area (Å²) in [6.07, 6.45) is 3.99. The van der Waals surface area contributed by atoms with Gasteiger partial charge >= 0.3 is 0 Å². The lowest BCUT2D eigenvalue weighted by molar-refractivity contribution is 0.0949. The van der Waals surface area contributed by atoms with Crippen LogP contribution in [-0.2, 0) is 16.1 Å². The van der Waals surface area contributed by atoms with Gasteiger partial charge in [-0.15, -0.1) is 9.53 Å². The van der Waals surface area contributed by atoms with E-state index in [0.29, 0.717) is 28.2 Å². The first kappa shape index (κ1) is 26.2. The van der Waals surface area contributed by atoms with Gasteiger partial charge in [0, 0.05) is 41.9 Å². The van der Waals surface area contributed by atoms with E-state index in [1.165, 1.54) is 30.0 Å². The third-order valence-electron chi connectivity index (χ3n) is 5.37. The van der Waals surface area contributed by atoms with Crippen molar-refractivity contribution < 1.29 is 18.4 Å². The highest BCUT2D eigenvalue weighted by molar-refractivity contribution is 8.15. The molecule has 0 atom stereocenters. The Kier molecular flexibility index (Phi) is 7.26. The van der Waals surface area contributed by atoms with Crippen molar-refractivity contribution >= 4 is 44.1 Å². The summed E-state index contributed by atoms with van der Waals surface area (Å²) in [6, 6.07) is 17.8. The van der Waals surface area contributed by atoms with Crippen LogP contribution in [0.1, 0.15) is 31.8 Å². The van der Waals surface area contributed by atoms with Crippen LogP contribution in [0.5, 0.6) is 0 Å². The third kappa shape index (κ3) is 7.32. The van der Waals surface area contributed by atoms with Crippen LogP contribution in [0.15, 0.2) is 77.6 Å². The van der Waals surface area contributed by atoms with E-state index < -0.39 is 9.53 Å². The Labute approximate surface area is 219 Å². The zero-order chi connectivity index (χ0) is 26.7. The number of aromatic nitrogens is 1. The van der Waals surface area contributed by atoms with Crippen molar-refractivity contribution in [3.8, 4) is 11.3 Å². The molecule has 0 aliphatic carbocycles. The number of nitrogens with one attached hydrogen (secondary N) is 3. The molecule has 4 rings (SSSR count). The minimum atomic E-state index is -3.91. The lowest BCUT2D eigenvalue weighted by Crippen LogP contribution is -2.37. The van der Waals surface area contributed by atoms with E-state index in [4.69, 9.17) is 0 Å². The van der Waals surface area contributed by atoms with Gasteiger partial charge in [0.05, 0.1) is 22.5 Å². The quantitative estimate of drug-likeness (QED) is 0.247. The summed E-state index contributed by atoms with van der Waals surface area (Å²) in [6.45, 7) is 2.20. The normalized spacial score (nSPS) is 12.3. The summed E-state index contributed by atoms with van der Waals surface area (Å²) < 4.78 is 24.7. The van der Waals surface area contributed by atoms with Gasteiger partial charge in [-0.1, -0.05) is 18.2 Å². The van der Waals surface area contributed by atoms with Gasteiger partial charge in [-0.05, 0) is 65.9 Å². The smallest absolute Gasteiger partial charge is 0.256 e. The highest BCUT2D eigenvalue weighted by Gasteiger charge is 2.14. The van der Waals surface area contributed by atoms with Gasteiger partial charge in [0.1, 0.15) is 0 Å². The number of pyridine rings is 1. The Morgan fingerprint density at radius 1 is 0.973 bits per heavy atom. The number of hydrogen-bond donors (Lipinski definition) is 4. The zero-order valence-electron chi connectivity index (χ0n) is 20.6. The van der Waals surface area contributed by atoms with Crippen LogP contribution >= 0.6 is 11.3 Å². The van der Waals surface area contributed by atoms with Crippen molar-refractivity contribution in [1.82, 2.24) is 10.3 Å². The summed E-state index contributed by atoms with van der Waals surface area (Å²) in [7, 11) is -3.91. The van der Waals surface area contributed by atoms with Crippen LogP contribution < -0.4 is 15.4 Å². The lowest BCUT2D eigenvalue weighted by atomic mass is 10.0. The second-order valence-electron chi connectivity index (χ2n) is 9.18. The Morgan fingerprint density at radius 3 is 2.46 bits per heavy atom. The van der Waals surface area contributed by atoms with E-state index in [0.717, 1.165) is 16.7 Å². The molecular formula is C27H28N4O4S2. The van der Waals surface area contributed by atoms with Gasteiger partial charge in [0.25, 0.3) is 11.8 Å². The molecule has 0 bridgehead atoms. The van der Waals surface area contributed by atoms with Gasteiger partial charge in [0.15, 0.2) is 0 Å². The van der Waals surface area contributed by atoms with E-state index in [1.54, 1.807) is 41.8 Å². The maximum atomic E-state index is 12.7. The summed E-state index contributed by atoms with van der Waals surface area (Å²) in [5.41, 5.74) is 5.45. The van der Waals surface area contributed by atoms with E-state index in [-0.39, 0.29) is 18.4 Å². The van der Waals surface area contributed by atoms with E-state index in [1.807, 2.05) is 36.6 Å². The molecule has 4 N–H and O–H groups in total. The van der Waals surface area contributed by atoms with E-state index in [2.05, 4.69) is 20.3 Å². The Morgan fingerprint density at radius 2 is 1.78 bits per heavy atom. The number of carbonyl (C=O) groups excluding carboxylic acids is 2. The topological polar surface area (TPSA) is 120 Å². The Bertz CT molecular complexity index is 1500. The molecule has 2 amide bonds. The Balaban J connectivity index is 1.42. The van der Waals surface area contributed by atoms with Crippen LogP contribution in [0.4, 0.5) is 11.4 Å². The fourth-order valence-electron chi connectivity index (χ4n) is 3.63. The molecule has 0 aliphatic heterocycles. The highest BCUT2D eigenvalue weighted by Crippen LogP contribution is 2.26. The largest absolute Gasteiger partial charge is 0.348 e. The van der Waals surface area contributed by atoms with Gasteiger partial charge in [-0.3, -0.25) is 23.8 Å². The average Bonchev–Trinajstić information content (AvgIpc) is 3.38. The number of thiophene rings is 1. The molecule has 0 saturated carbocycles. The number of hydrogen-bond acceptors (Lipinski definition) is 5. The van der Waals surface area contributed by atoms with Crippen LogP contribution in [0.3, 0.4) is 0 Å². The molecular weight excluding hydrogens is 508 g/mol. The van der Waals surface area contributed by atoms with E-state index in [9.17, 15) is 18.4 Å². The van der Waals surface area contributed by atoms with Gasteiger partial charge in [-0.25, -0.2) is 0 Å². The van der Waals surface area contributed by atoms with Crippen molar-refractivity contribution in [2.24, 2.45) is 0 Å². The molecule has 2 aromatic carbocycles. The summed E-state index contributed by atoms with van der Waals surface area (Å²) in [4.78, 5) is 29.6. The second kappa shape index (κ2) is 10.3. The minimum Gasteiger partial charge on any atom is -0.348 e. The minimum absolute atomic E-state index is 0.174. The molecule has 37 heavy (non-hydrogen) atoms. The molecule has 2 heterocycles. The third-order valence-corrected chi connectivity index (χ3v) is 6.87. The number of benzene rings is 2. The summed E-state index contributed by atoms with van der Waals surface area (Å²) >= 11 is 1.46. The first-order valence-corrected chi connectivity index (χ1v) is 15.0. The van der Waals surface area contributed by atoms with Crippen LogP contribution in [-0.4, -0.2) is 38.1 Å². The molecule has 2 aromatic heterocycles. The maximum Gasteiger partial charge on any atom is 0.256 e. The number of rotatable bonds is 8. The molecule has 4 aromatic rings. The van der Waals surface area contributed by atoms with Crippen molar-refractivity contribution in [3.63, 3.8) is 0 Å². The molecule has 0 unspecified atom stereocenters. The number of aryl methyl sites for hydroxylation is 1. The highest BCUT2D eigenvalue weighted by atomic mass is 32.3. The SMILES string of the molecule is Cc1ccc(NC(=O)c2ccsc2)cc1-c1ccc(C(=O)NCc2cccc(NS(C)(C)(=O)O)c2)cn1. The molecule has 0 aliphatic rings. The molecule has 192 valence electrons. The predicted octanol–water partition coefficient (Wildman–Crippen LogP) is 5.18. The fraction of sp³-hybridized carbons (Fsp3) is 0.148. The van der Waals surface area contributed by atoms with Crippen LogP contribution in [0, 0.1) is 6.92 Å². The number of carbonyl (C=O) groups is 2. The van der Waals surface area contributed by atoms with E-state index >= 15 is 0 Å². The van der Waals surface area contributed by atoms with Crippen molar-refractivity contribution in [3.05, 3.63) is 99.9 Å². The van der Waals surface area contributed by atoms with Gasteiger partial charge < -0.3 is 10.6 Å². The second-order valence-corrected chi connectivity index (χ2v) is 13.7. The molecule has 8 nitrogen and oxygen atoms in total. The lowest BCUT2D eigenvalue weighted by Gasteiger charge is -2.36. The number of nitrogens with zero attached hydrogens (tertiary/aromatic N) is 1. The maximum absolute atomic E-state index is 12.7. The van der Waals surface area contributed by atoms with Gasteiger partial charge in [0.2, 0.25) is 0 Å². The molecule has 0 radical (unpaired) electrons. The zero-order valence-corrected chi connectivity index (χ0v) is 22.3. The number of amides is 2. The van der Waals surface area contributed by atoms with Crippen molar-refractivity contribution in [2.45, 2.75) is 13.5 Å². The monoisotopic (exact) mass is 536 g/mol. The number of anilines is 2. The predicted molar refractivity (Wildman–Crippen MR) is 151 cm³/mol. The van der Waals surface area contributed by atoms with Crippen LogP contribution in [0.2, 0.25) is 0 Å². The first-order valence-electron chi connectivity index (χ1n) is 11.4. The molecule has 0 fully saturated rings. The first-order chi connectivity index (χ1) is 17.4. The van der Waals surface area contributed by atoms with Gasteiger partial charge in [-0.2, -0.15) is 15.5 Å². The molecule has 0 spiro atoms. The van der Waals surface area contributed by atoms with Crippen molar-refractivity contribution in [2.75, 3.05) is 22.6 Å². The molecule has 0 saturated heterocycles. The molecule has 10 heteroatoms. The Hall–Kier alpha value is -3.86. The average molecular weight is 537 g/mol.